The minimum Gasteiger partial charge on any atom is -0.310 e. The van der Waals surface area contributed by atoms with E-state index in [0.717, 1.165) is 0 Å². The van der Waals surface area contributed by atoms with Gasteiger partial charge in [-0.15, -0.1) is 0 Å². The molecule has 2 aliphatic rings. The predicted octanol–water partition coefficient (Wildman–Crippen LogP) is 0.584. The van der Waals surface area contributed by atoms with E-state index in [1.807, 2.05) is 12.4 Å². The third kappa shape index (κ3) is 1.03. The summed E-state index contributed by atoms with van der Waals surface area (Å²) in [7, 11) is 0. The van der Waals surface area contributed by atoms with Crippen molar-refractivity contribution in [3.63, 3.8) is 0 Å². The molecule has 0 saturated heterocycles. The second-order valence-electron chi connectivity index (χ2n) is 3.40. The molecule has 2 nitrogen and oxygen atoms in total. The third-order valence-electron chi connectivity index (χ3n) is 2.28. The van der Waals surface area contributed by atoms with Gasteiger partial charge in [-0.25, -0.2) is 0 Å². The predicted molar refractivity (Wildman–Crippen MR) is 45.3 cm³/mol. The normalized spacial score (nSPS) is 28.9. The number of rotatable bonds is 0. The number of quaternary nitrogens is 1. The van der Waals surface area contributed by atoms with Crippen molar-refractivity contribution in [2.45, 2.75) is 26.3 Å². The minimum absolute atomic E-state index is 0.687. The Hall–Kier alpha value is -0.890. The van der Waals surface area contributed by atoms with Crippen molar-refractivity contribution >= 4 is 6.21 Å². The second-order valence-corrected chi connectivity index (χ2v) is 3.40. The molecule has 1 unspecified atom stereocenters. The molecule has 2 heteroatoms. The molecule has 2 rings (SSSR count). The number of hydrogen-bond acceptors (Lipinski definition) is 1. The highest BCUT2D eigenvalue weighted by atomic mass is 15.0. The van der Waals surface area contributed by atoms with Gasteiger partial charge in [0.1, 0.15) is 0 Å². The van der Waals surface area contributed by atoms with Gasteiger partial charge in [-0.2, -0.15) is 0 Å². The molecule has 0 spiro atoms. The standard InChI is InChI=1S/C9H12N2/c1-6-3-7(2)11-9-5-10-4-8(6)9/h4-5,7,11H,3H2,1-2H3/p+1. The minimum atomic E-state index is 0.687. The number of fused-ring (bicyclic) bond motifs is 1. The van der Waals surface area contributed by atoms with Crippen LogP contribution in [0, 0.1) is 0 Å². The maximum absolute atomic E-state index is 4.14. The fourth-order valence-electron chi connectivity index (χ4n) is 1.78. The van der Waals surface area contributed by atoms with E-state index in [2.05, 4.69) is 24.2 Å². The highest BCUT2D eigenvalue weighted by molar-refractivity contribution is 5.87. The zero-order valence-electron chi connectivity index (χ0n) is 6.96. The van der Waals surface area contributed by atoms with Crippen LogP contribution in [0.1, 0.15) is 20.3 Å². The van der Waals surface area contributed by atoms with Crippen LogP contribution in [-0.4, -0.2) is 12.3 Å². The Labute approximate surface area is 66.7 Å². The molecule has 2 heterocycles. The van der Waals surface area contributed by atoms with Crippen LogP contribution < -0.4 is 5.32 Å². The second kappa shape index (κ2) is 2.31. The molecule has 0 aromatic heterocycles. The van der Waals surface area contributed by atoms with Gasteiger partial charge in [-0.1, -0.05) is 5.57 Å². The highest BCUT2D eigenvalue weighted by Gasteiger charge is 2.23. The van der Waals surface area contributed by atoms with Crippen LogP contribution in [-0.2, 0) is 0 Å². The topological polar surface area (TPSA) is 29.0 Å². The van der Waals surface area contributed by atoms with E-state index in [1.54, 1.807) is 0 Å². The third-order valence-corrected chi connectivity index (χ3v) is 2.28. The Morgan fingerprint density at radius 1 is 1.64 bits per heavy atom. The molecule has 58 valence electrons. The summed E-state index contributed by atoms with van der Waals surface area (Å²) < 4.78 is 0. The Morgan fingerprint density at radius 2 is 2.45 bits per heavy atom. The van der Waals surface area contributed by atoms with Crippen LogP contribution in [0.2, 0.25) is 0 Å². The lowest BCUT2D eigenvalue weighted by Crippen LogP contribution is -2.88. The molecule has 2 aliphatic heterocycles. The highest BCUT2D eigenvalue weighted by Crippen LogP contribution is 2.19. The summed E-state index contributed by atoms with van der Waals surface area (Å²) in [6.07, 6.45) is 5.11. The van der Waals surface area contributed by atoms with E-state index in [1.165, 1.54) is 23.3 Å². The summed E-state index contributed by atoms with van der Waals surface area (Å²) in [6.45, 7) is 4.45. The Kier molecular flexibility index (Phi) is 1.43. The number of allylic oxidation sites excluding steroid dienone is 1. The molecule has 2 N–H and O–H groups in total. The van der Waals surface area contributed by atoms with E-state index in [4.69, 9.17) is 0 Å². The largest absolute Gasteiger partial charge is 0.310 e. The van der Waals surface area contributed by atoms with Gasteiger partial charge in [0.15, 0.2) is 5.70 Å². The van der Waals surface area contributed by atoms with Crippen molar-refractivity contribution in [2.75, 3.05) is 0 Å². The Balaban J connectivity index is 2.40. The monoisotopic (exact) mass is 149 g/mol. The lowest BCUT2D eigenvalue weighted by atomic mass is 9.97. The van der Waals surface area contributed by atoms with Gasteiger partial charge >= 0.3 is 0 Å². The summed E-state index contributed by atoms with van der Waals surface area (Å²) >= 11 is 0. The smallest absolute Gasteiger partial charge is 0.157 e. The summed E-state index contributed by atoms with van der Waals surface area (Å²) in [5.41, 5.74) is 4.15. The van der Waals surface area contributed by atoms with Gasteiger partial charge in [0.05, 0.1) is 17.8 Å². The first-order chi connectivity index (χ1) is 5.27. The lowest BCUT2D eigenvalue weighted by Gasteiger charge is -2.18. The SMILES string of the molecule is CC1=C2C=NC=C2[NH2+]C(C)C1. The van der Waals surface area contributed by atoms with E-state index in [0.29, 0.717) is 6.04 Å². The molecular formula is C9H13N2+. The molecule has 0 radical (unpaired) electrons. The molecule has 0 aromatic rings. The summed E-state index contributed by atoms with van der Waals surface area (Å²) in [5.74, 6) is 0. The van der Waals surface area contributed by atoms with Gasteiger partial charge in [-0.05, 0) is 13.8 Å². The van der Waals surface area contributed by atoms with Crippen LogP contribution in [0.3, 0.4) is 0 Å². The van der Waals surface area contributed by atoms with E-state index >= 15 is 0 Å². The van der Waals surface area contributed by atoms with E-state index in [9.17, 15) is 0 Å². The first-order valence-electron chi connectivity index (χ1n) is 4.05. The van der Waals surface area contributed by atoms with Crippen molar-refractivity contribution in [2.24, 2.45) is 4.99 Å². The summed E-state index contributed by atoms with van der Waals surface area (Å²) in [4.78, 5) is 4.14. The van der Waals surface area contributed by atoms with Gasteiger partial charge in [0.2, 0.25) is 0 Å². The van der Waals surface area contributed by atoms with Crippen molar-refractivity contribution in [1.82, 2.24) is 0 Å². The van der Waals surface area contributed by atoms with Crippen LogP contribution in [0.5, 0.6) is 0 Å². The molecular weight excluding hydrogens is 136 g/mol. The Bertz CT molecular complexity index is 271. The fourth-order valence-corrected chi connectivity index (χ4v) is 1.78. The number of aliphatic imine (C=N–C) groups is 1. The summed E-state index contributed by atoms with van der Waals surface area (Å²) in [6, 6.07) is 0.687. The van der Waals surface area contributed by atoms with Crippen molar-refractivity contribution < 1.29 is 5.32 Å². The quantitative estimate of drug-likeness (QED) is 0.522. The lowest BCUT2D eigenvalue weighted by molar-refractivity contribution is -0.638. The zero-order valence-corrected chi connectivity index (χ0v) is 6.96. The van der Waals surface area contributed by atoms with Crippen molar-refractivity contribution in [1.29, 1.82) is 0 Å². The van der Waals surface area contributed by atoms with Crippen LogP contribution in [0.25, 0.3) is 0 Å². The number of nitrogens with two attached hydrogens (primary N) is 1. The zero-order chi connectivity index (χ0) is 7.84. The van der Waals surface area contributed by atoms with Gasteiger partial charge < -0.3 is 5.32 Å². The van der Waals surface area contributed by atoms with E-state index < -0.39 is 0 Å². The van der Waals surface area contributed by atoms with Crippen molar-refractivity contribution in [3.8, 4) is 0 Å². The Morgan fingerprint density at radius 3 is 3.27 bits per heavy atom. The molecule has 11 heavy (non-hydrogen) atoms. The van der Waals surface area contributed by atoms with Gasteiger partial charge in [0, 0.05) is 12.6 Å². The number of hydrogen-bond donors (Lipinski definition) is 1. The van der Waals surface area contributed by atoms with Gasteiger partial charge in [0.25, 0.3) is 0 Å². The molecule has 0 amide bonds. The maximum Gasteiger partial charge on any atom is 0.157 e. The van der Waals surface area contributed by atoms with E-state index in [-0.39, 0.29) is 0 Å². The average molecular weight is 149 g/mol. The molecule has 0 aromatic carbocycles. The first-order valence-corrected chi connectivity index (χ1v) is 4.05. The molecule has 0 fully saturated rings. The van der Waals surface area contributed by atoms with Crippen LogP contribution >= 0.6 is 0 Å². The maximum atomic E-state index is 4.14. The van der Waals surface area contributed by atoms with Crippen LogP contribution in [0.4, 0.5) is 0 Å². The first kappa shape index (κ1) is 6.80. The molecule has 0 aliphatic carbocycles. The van der Waals surface area contributed by atoms with Gasteiger partial charge in [-0.3, -0.25) is 4.99 Å². The fraction of sp³-hybridized carbons (Fsp3) is 0.444. The molecule has 0 bridgehead atoms. The average Bonchev–Trinajstić information content (AvgIpc) is 2.34. The van der Waals surface area contributed by atoms with Crippen LogP contribution in [0.15, 0.2) is 28.0 Å². The number of nitrogens with zero attached hydrogens (tertiary/aromatic N) is 1. The molecule has 1 atom stereocenters. The molecule has 0 saturated carbocycles. The summed E-state index contributed by atoms with van der Waals surface area (Å²) in [5, 5.41) is 2.30. The van der Waals surface area contributed by atoms with Crippen molar-refractivity contribution in [3.05, 3.63) is 23.0 Å².